The molecule has 10 heteroatoms. The van der Waals surface area contributed by atoms with Crippen LogP contribution in [0.25, 0.3) is 6.08 Å². The van der Waals surface area contributed by atoms with Gasteiger partial charge in [0.1, 0.15) is 5.02 Å². The first-order chi connectivity index (χ1) is 12.9. The van der Waals surface area contributed by atoms with Crippen molar-refractivity contribution in [2.24, 2.45) is 0 Å². The van der Waals surface area contributed by atoms with Crippen molar-refractivity contribution in [3.8, 4) is 0 Å². The van der Waals surface area contributed by atoms with Crippen LogP contribution in [0.5, 0.6) is 0 Å². The van der Waals surface area contributed by atoms with Crippen LogP contribution in [-0.4, -0.2) is 53.6 Å². The first kappa shape index (κ1) is 20.0. The molecule has 27 heavy (non-hydrogen) atoms. The first-order valence-corrected chi connectivity index (χ1v) is 10.5. The fraction of sp³-hybridized carbons (Fsp3) is 0.294. The Hall–Kier alpha value is -1.71. The van der Waals surface area contributed by atoms with Crippen LogP contribution in [-0.2, 0) is 16.7 Å². The summed E-state index contributed by atoms with van der Waals surface area (Å²) in [6.07, 6.45) is 2.90. The van der Waals surface area contributed by atoms with Crippen molar-refractivity contribution in [2.45, 2.75) is 6.67 Å². The van der Waals surface area contributed by atoms with Crippen LogP contribution in [0, 0.1) is 0 Å². The lowest BCUT2D eigenvalue weighted by Gasteiger charge is -2.33. The Morgan fingerprint density at radius 1 is 1.07 bits per heavy atom. The van der Waals surface area contributed by atoms with Gasteiger partial charge >= 0.3 is 0 Å². The van der Waals surface area contributed by atoms with E-state index < -0.39 is 15.6 Å². The highest BCUT2D eigenvalue weighted by Crippen LogP contribution is 2.15. The van der Waals surface area contributed by atoms with E-state index in [1.165, 1.54) is 20.6 Å². The minimum absolute atomic E-state index is 0.0704. The average molecular weight is 429 g/mol. The maximum Gasteiger partial charge on any atom is 0.288 e. The summed E-state index contributed by atoms with van der Waals surface area (Å²) in [5.41, 5.74) is 0.356. The molecular weight excluding hydrogens is 411 g/mol. The monoisotopic (exact) mass is 428 g/mol. The molecule has 144 valence electrons. The van der Waals surface area contributed by atoms with E-state index >= 15 is 0 Å². The Bertz CT molecular complexity index is 985. The van der Waals surface area contributed by atoms with Gasteiger partial charge in [0.2, 0.25) is 10.0 Å². The van der Waals surface area contributed by atoms with Crippen LogP contribution in [0.2, 0.25) is 10.0 Å². The van der Waals surface area contributed by atoms with E-state index in [-0.39, 0.29) is 16.7 Å². The smallest absolute Gasteiger partial charge is 0.282 e. The van der Waals surface area contributed by atoms with Gasteiger partial charge in [-0.25, -0.2) is 13.1 Å². The van der Waals surface area contributed by atoms with Gasteiger partial charge in [-0.05, 0) is 11.6 Å². The van der Waals surface area contributed by atoms with Crippen LogP contribution < -0.4 is 5.56 Å². The SMILES string of the molecule is O=c1c(Cl)c(Cl)cnn1CN1CCN(S(=O)(=O)/C=C/c2ccccc2)CC1. The van der Waals surface area contributed by atoms with Gasteiger partial charge in [-0.2, -0.15) is 9.40 Å². The van der Waals surface area contributed by atoms with Crippen LogP contribution in [0.1, 0.15) is 5.56 Å². The molecule has 1 saturated heterocycles. The Labute approximate surface area is 167 Å². The van der Waals surface area contributed by atoms with E-state index in [1.54, 1.807) is 6.08 Å². The third-order valence-corrected chi connectivity index (χ3v) is 6.51. The normalized spacial score (nSPS) is 16.8. The van der Waals surface area contributed by atoms with Crippen molar-refractivity contribution in [3.05, 3.63) is 67.9 Å². The van der Waals surface area contributed by atoms with E-state index in [0.29, 0.717) is 26.2 Å². The molecule has 1 aliphatic heterocycles. The Balaban J connectivity index is 1.61. The highest BCUT2D eigenvalue weighted by molar-refractivity contribution is 7.92. The number of hydrogen-bond acceptors (Lipinski definition) is 5. The molecule has 0 radical (unpaired) electrons. The topological polar surface area (TPSA) is 75.5 Å². The van der Waals surface area contributed by atoms with Gasteiger partial charge in [0, 0.05) is 31.6 Å². The summed E-state index contributed by atoms with van der Waals surface area (Å²) in [5, 5.41) is 5.23. The number of piperazine rings is 1. The number of halogens is 2. The molecule has 0 bridgehead atoms. The second-order valence-electron chi connectivity index (χ2n) is 6.03. The van der Waals surface area contributed by atoms with Crippen LogP contribution in [0.4, 0.5) is 0 Å². The Morgan fingerprint density at radius 2 is 1.74 bits per heavy atom. The zero-order valence-electron chi connectivity index (χ0n) is 14.3. The molecule has 0 saturated carbocycles. The maximum absolute atomic E-state index is 12.5. The van der Waals surface area contributed by atoms with Crippen molar-refractivity contribution in [2.75, 3.05) is 26.2 Å². The van der Waals surface area contributed by atoms with Gasteiger partial charge in [-0.1, -0.05) is 53.5 Å². The second kappa shape index (κ2) is 8.53. The lowest BCUT2D eigenvalue weighted by atomic mass is 10.2. The second-order valence-corrected chi connectivity index (χ2v) is 8.63. The van der Waals surface area contributed by atoms with E-state index in [0.717, 1.165) is 5.56 Å². The Kier molecular flexibility index (Phi) is 6.33. The zero-order valence-corrected chi connectivity index (χ0v) is 16.7. The molecule has 1 aromatic heterocycles. The average Bonchev–Trinajstić information content (AvgIpc) is 2.68. The molecule has 0 amide bonds. The zero-order chi connectivity index (χ0) is 19.4. The highest BCUT2D eigenvalue weighted by Gasteiger charge is 2.25. The first-order valence-electron chi connectivity index (χ1n) is 8.23. The molecule has 0 spiro atoms. The van der Waals surface area contributed by atoms with Gasteiger partial charge in [-0.3, -0.25) is 9.69 Å². The van der Waals surface area contributed by atoms with E-state index in [2.05, 4.69) is 5.10 Å². The third-order valence-electron chi connectivity index (χ3n) is 4.20. The van der Waals surface area contributed by atoms with E-state index in [9.17, 15) is 13.2 Å². The summed E-state index contributed by atoms with van der Waals surface area (Å²) in [5.74, 6) is 0. The van der Waals surface area contributed by atoms with Crippen LogP contribution in [0.15, 0.2) is 46.7 Å². The van der Waals surface area contributed by atoms with Crippen molar-refractivity contribution < 1.29 is 8.42 Å². The number of aromatic nitrogens is 2. The molecule has 1 fully saturated rings. The van der Waals surface area contributed by atoms with Gasteiger partial charge in [0.25, 0.3) is 5.56 Å². The number of nitrogens with zero attached hydrogens (tertiary/aromatic N) is 4. The standard InChI is InChI=1S/C17H18Cl2N4O3S/c18-15-12-20-23(17(24)16(15)19)13-21-7-9-22(10-8-21)27(25,26)11-6-14-4-2-1-3-5-14/h1-6,11-12H,7-10,13H2/b11-6+. The number of hydrogen-bond donors (Lipinski definition) is 0. The predicted molar refractivity (Wildman–Crippen MR) is 106 cm³/mol. The highest BCUT2D eigenvalue weighted by atomic mass is 35.5. The van der Waals surface area contributed by atoms with Gasteiger partial charge in [0.05, 0.1) is 17.9 Å². The molecule has 3 rings (SSSR count). The van der Waals surface area contributed by atoms with Crippen molar-refractivity contribution >= 4 is 39.3 Å². The molecule has 0 aliphatic carbocycles. The van der Waals surface area contributed by atoms with Crippen molar-refractivity contribution in [1.82, 2.24) is 19.0 Å². The molecule has 1 aliphatic rings. The summed E-state index contributed by atoms with van der Waals surface area (Å²) in [4.78, 5) is 14.0. The fourth-order valence-corrected chi connectivity index (χ4v) is 4.12. The van der Waals surface area contributed by atoms with Crippen LogP contribution in [0.3, 0.4) is 0 Å². The lowest BCUT2D eigenvalue weighted by Crippen LogP contribution is -2.49. The van der Waals surface area contributed by atoms with E-state index in [1.807, 2.05) is 35.2 Å². The summed E-state index contributed by atoms with van der Waals surface area (Å²) in [6.45, 7) is 1.85. The number of rotatable bonds is 5. The summed E-state index contributed by atoms with van der Waals surface area (Å²) >= 11 is 11.6. The molecule has 2 heterocycles. The third kappa shape index (κ3) is 4.97. The molecule has 0 unspecified atom stereocenters. The minimum atomic E-state index is -3.49. The van der Waals surface area contributed by atoms with Gasteiger partial charge in [0.15, 0.2) is 0 Å². The molecule has 2 aromatic rings. The van der Waals surface area contributed by atoms with Gasteiger partial charge < -0.3 is 0 Å². The quantitative estimate of drug-likeness (QED) is 0.728. The molecule has 0 N–H and O–H groups in total. The summed E-state index contributed by atoms with van der Waals surface area (Å²) in [7, 11) is -3.49. The maximum atomic E-state index is 12.5. The number of sulfonamides is 1. The summed E-state index contributed by atoms with van der Waals surface area (Å²) < 4.78 is 27.6. The largest absolute Gasteiger partial charge is 0.288 e. The summed E-state index contributed by atoms with van der Waals surface area (Å²) in [6, 6.07) is 9.26. The number of benzene rings is 1. The predicted octanol–water partition coefficient (Wildman–Crippen LogP) is 2.13. The molecule has 0 atom stereocenters. The molecule has 7 nitrogen and oxygen atoms in total. The Morgan fingerprint density at radius 3 is 2.41 bits per heavy atom. The minimum Gasteiger partial charge on any atom is -0.282 e. The van der Waals surface area contributed by atoms with Crippen LogP contribution >= 0.6 is 23.2 Å². The fourth-order valence-electron chi connectivity index (χ4n) is 2.68. The van der Waals surface area contributed by atoms with E-state index in [4.69, 9.17) is 23.2 Å². The van der Waals surface area contributed by atoms with Gasteiger partial charge in [-0.15, -0.1) is 0 Å². The van der Waals surface area contributed by atoms with Crippen molar-refractivity contribution in [1.29, 1.82) is 0 Å². The van der Waals surface area contributed by atoms with Crippen molar-refractivity contribution in [3.63, 3.8) is 0 Å². The molecule has 1 aromatic carbocycles. The lowest BCUT2D eigenvalue weighted by molar-refractivity contribution is 0.143. The molecular formula is C17H18Cl2N4O3S.